The van der Waals surface area contributed by atoms with Gasteiger partial charge in [0.05, 0.1) is 0 Å². The number of carbonyl (C=O) groups excluding carboxylic acids is 2. The van der Waals surface area contributed by atoms with Gasteiger partial charge in [0, 0.05) is 18.4 Å². The van der Waals surface area contributed by atoms with Crippen LogP contribution in [0.25, 0.3) is 5.78 Å². The molecule has 2 aromatic heterocycles. The van der Waals surface area contributed by atoms with Gasteiger partial charge in [-0.25, -0.2) is 14.3 Å². The number of aryl methyl sites for hydroxylation is 1. The first-order chi connectivity index (χ1) is 12.0. The highest BCUT2D eigenvalue weighted by atomic mass is 16.5. The minimum absolute atomic E-state index is 0.135. The van der Waals surface area contributed by atoms with E-state index in [2.05, 4.69) is 20.4 Å². The molecule has 2 heterocycles. The molecule has 25 heavy (non-hydrogen) atoms. The normalized spacial score (nSPS) is 11.9. The van der Waals surface area contributed by atoms with Crippen molar-refractivity contribution in [1.29, 1.82) is 0 Å². The third-order valence-corrected chi connectivity index (χ3v) is 3.58. The van der Waals surface area contributed by atoms with Crippen LogP contribution in [-0.4, -0.2) is 37.6 Å². The van der Waals surface area contributed by atoms with Gasteiger partial charge in [-0.3, -0.25) is 4.79 Å². The summed E-state index contributed by atoms with van der Waals surface area (Å²) in [6, 6.07) is 11.2. The van der Waals surface area contributed by atoms with Crippen molar-refractivity contribution in [2.75, 3.05) is 0 Å². The second-order valence-electron chi connectivity index (χ2n) is 5.48. The molecule has 0 fully saturated rings. The van der Waals surface area contributed by atoms with E-state index >= 15 is 0 Å². The van der Waals surface area contributed by atoms with Crippen LogP contribution in [0.5, 0.6) is 0 Å². The maximum absolute atomic E-state index is 12.1. The summed E-state index contributed by atoms with van der Waals surface area (Å²) in [4.78, 5) is 32.2. The summed E-state index contributed by atoms with van der Waals surface area (Å²) in [5.41, 5.74) is 1.74. The van der Waals surface area contributed by atoms with Gasteiger partial charge >= 0.3 is 5.97 Å². The average molecular weight is 339 g/mol. The van der Waals surface area contributed by atoms with Crippen molar-refractivity contribution >= 4 is 17.7 Å². The molecule has 0 aliphatic rings. The van der Waals surface area contributed by atoms with Crippen molar-refractivity contribution in [2.45, 2.75) is 26.5 Å². The van der Waals surface area contributed by atoms with E-state index in [0.717, 1.165) is 11.3 Å². The van der Waals surface area contributed by atoms with E-state index < -0.39 is 18.0 Å². The van der Waals surface area contributed by atoms with E-state index in [-0.39, 0.29) is 5.82 Å². The Hall–Kier alpha value is -3.29. The Labute approximate surface area is 143 Å². The lowest BCUT2D eigenvalue weighted by Crippen LogP contribution is -2.35. The number of carbonyl (C=O) groups is 2. The van der Waals surface area contributed by atoms with Crippen molar-refractivity contribution in [2.24, 2.45) is 0 Å². The summed E-state index contributed by atoms with van der Waals surface area (Å²) < 4.78 is 6.58. The molecule has 8 heteroatoms. The quantitative estimate of drug-likeness (QED) is 0.704. The second-order valence-corrected chi connectivity index (χ2v) is 5.48. The van der Waals surface area contributed by atoms with Gasteiger partial charge in [0.15, 0.2) is 6.10 Å². The van der Waals surface area contributed by atoms with Crippen LogP contribution in [-0.2, 0) is 16.1 Å². The largest absolute Gasteiger partial charge is 0.447 e. The fourth-order valence-corrected chi connectivity index (χ4v) is 2.19. The lowest BCUT2D eigenvalue weighted by molar-refractivity contribution is -0.129. The number of esters is 1. The van der Waals surface area contributed by atoms with Gasteiger partial charge < -0.3 is 10.1 Å². The average Bonchev–Trinajstić information content (AvgIpc) is 3.06. The smallest absolute Gasteiger partial charge is 0.379 e. The Morgan fingerprint density at radius 3 is 2.72 bits per heavy atom. The molecule has 1 N–H and O–H groups in total. The number of hydrogen-bond acceptors (Lipinski definition) is 6. The highest BCUT2D eigenvalue weighted by Gasteiger charge is 2.22. The zero-order chi connectivity index (χ0) is 17.8. The highest BCUT2D eigenvalue weighted by Crippen LogP contribution is 2.05. The number of rotatable bonds is 5. The number of fused-ring (bicyclic) bond motifs is 1. The van der Waals surface area contributed by atoms with E-state index in [9.17, 15) is 9.59 Å². The third kappa shape index (κ3) is 3.79. The lowest BCUT2D eigenvalue weighted by Gasteiger charge is -2.12. The number of hydrogen-bond donors (Lipinski definition) is 1. The van der Waals surface area contributed by atoms with Crippen LogP contribution in [0.15, 0.2) is 42.6 Å². The molecule has 3 aromatic rings. The van der Waals surface area contributed by atoms with Crippen LogP contribution in [0, 0.1) is 6.92 Å². The number of benzene rings is 1. The Morgan fingerprint density at radius 1 is 1.24 bits per heavy atom. The Kier molecular flexibility index (Phi) is 4.69. The summed E-state index contributed by atoms with van der Waals surface area (Å²) in [6.07, 6.45) is 0.616. The Bertz CT molecular complexity index is 907. The molecule has 0 saturated carbocycles. The van der Waals surface area contributed by atoms with E-state index in [4.69, 9.17) is 4.74 Å². The minimum atomic E-state index is -0.961. The van der Waals surface area contributed by atoms with Gasteiger partial charge in [-0.2, -0.15) is 4.98 Å². The molecule has 0 aliphatic heterocycles. The molecular weight excluding hydrogens is 322 g/mol. The second kappa shape index (κ2) is 7.08. The van der Waals surface area contributed by atoms with Crippen molar-refractivity contribution in [3.63, 3.8) is 0 Å². The van der Waals surface area contributed by atoms with Crippen LogP contribution < -0.4 is 5.32 Å². The Balaban J connectivity index is 1.61. The zero-order valence-electron chi connectivity index (χ0n) is 13.8. The number of aromatic nitrogens is 4. The van der Waals surface area contributed by atoms with Gasteiger partial charge in [0.1, 0.15) is 0 Å². The number of nitrogens with one attached hydrogen (secondary N) is 1. The number of amides is 1. The zero-order valence-corrected chi connectivity index (χ0v) is 13.8. The standard InChI is InChI=1S/C17H17N5O3/c1-11-8-9-18-17-20-14(21-22(11)17)16(24)25-12(2)15(23)19-10-13-6-4-3-5-7-13/h3-9,12H,10H2,1-2H3,(H,19,23)/t12-/m1/s1. The fraction of sp³-hybridized carbons (Fsp3) is 0.235. The minimum Gasteiger partial charge on any atom is -0.447 e. The van der Waals surface area contributed by atoms with Crippen molar-refractivity contribution < 1.29 is 14.3 Å². The summed E-state index contributed by atoms with van der Waals surface area (Å²) >= 11 is 0. The van der Waals surface area contributed by atoms with Crippen molar-refractivity contribution in [3.05, 3.63) is 59.7 Å². The molecule has 3 rings (SSSR count). The number of nitrogens with zero attached hydrogens (tertiary/aromatic N) is 4. The maximum atomic E-state index is 12.1. The first kappa shape index (κ1) is 16.6. The van der Waals surface area contributed by atoms with Gasteiger partial charge in [0.2, 0.25) is 0 Å². The topological polar surface area (TPSA) is 98.5 Å². The van der Waals surface area contributed by atoms with Crippen LogP contribution in [0.3, 0.4) is 0 Å². The number of ether oxygens (including phenoxy) is 1. The van der Waals surface area contributed by atoms with Gasteiger partial charge in [-0.05, 0) is 25.5 Å². The maximum Gasteiger partial charge on any atom is 0.379 e. The van der Waals surface area contributed by atoms with E-state index in [1.807, 2.05) is 37.3 Å². The van der Waals surface area contributed by atoms with Crippen LogP contribution in [0.1, 0.15) is 28.8 Å². The van der Waals surface area contributed by atoms with E-state index in [1.165, 1.54) is 11.4 Å². The molecule has 1 amide bonds. The van der Waals surface area contributed by atoms with E-state index in [0.29, 0.717) is 12.3 Å². The lowest BCUT2D eigenvalue weighted by atomic mass is 10.2. The molecule has 0 aliphatic carbocycles. The predicted molar refractivity (Wildman–Crippen MR) is 88.7 cm³/mol. The van der Waals surface area contributed by atoms with Gasteiger partial charge in [0.25, 0.3) is 17.5 Å². The molecule has 0 radical (unpaired) electrons. The summed E-state index contributed by atoms with van der Waals surface area (Å²) in [5, 5.41) is 6.77. The van der Waals surface area contributed by atoms with Crippen molar-refractivity contribution in [1.82, 2.24) is 24.9 Å². The summed E-state index contributed by atoms with van der Waals surface area (Å²) in [5.74, 6) is -1.000. The third-order valence-electron chi connectivity index (χ3n) is 3.58. The molecule has 0 saturated heterocycles. The molecular formula is C17H17N5O3. The SMILES string of the molecule is Cc1ccnc2nc(C(=O)O[C@H](C)C(=O)NCc3ccccc3)nn12. The van der Waals surface area contributed by atoms with Gasteiger partial charge in [-0.1, -0.05) is 30.3 Å². The van der Waals surface area contributed by atoms with Crippen molar-refractivity contribution in [3.8, 4) is 0 Å². The molecule has 0 bridgehead atoms. The van der Waals surface area contributed by atoms with Gasteiger partial charge in [-0.15, -0.1) is 5.10 Å². The molecule has 0 unspecified atom stereocenters. The summed E-state index contributed by atoms with van der Waals surface area (Å²) in [7, 11) is 0. The summed E-state index contributed by atoms with van der Waals surface area (Å²) in [6.45, 7) is 3.67. The predicted octanol–water partition coefficient (Wildman–Crippen LogP) is 1.29. The Morgan fingerprint density at radius 2 is 2.00 bits per heavy atom. The first-order valence-corrected chi connectivity index (χ1v) is 7.75. The van der Waals surface area contributed by atoms with E-state index in [1.54, 1.807) is 12.3 Å². The monoisotopic (exact) mass is 339 g/mol. The van der Waals surface area contributed by atoms with Crippen LogP contribution >= 0.6 is 0 Å². The van der Waals surface area contributed by atoms with Crippen LogP contribution in [0.4, 0.5) is 0 Å². The molecule has 8 nitrogen and oxygen atoms in total. The molecule has 0 spiro atoms. The molecule has 128 valence electrons. The fourth-order valence-electron chi connectivity index (χ4n) is 2.19. The van der Waals surface area contributed by atoms with Crippen LogP contribution in [0.2, 0.25) is 0 Å². The highest BCUT2D eigenvalue weighted by molar-refractivity contribution is 5.89. The molecule has 1 atom stereocenters. The first-order valence-electron chi connectivity index (χ1n) is 7.75. The molecule has 1 aromatic carbocycles.